The molecule has 1 amide bonds. The van der Waals surface area contributed by atoms with E-state index >= 15 is 0 Å². The first-order valence-corrected chi connectivity index (χ1v) is 8.08. The van der Waals surface area contributed by atoms with Crippen molar-refractivity contribution in [2.45, 2.75) is 19.9 Å². The van der Waals surface area contributed by atoms with Gasteiger partial charge in [-0.3, -0.25) is 4.79 Å². The van der Waals surface area contributed by atoms with Gasteiger partial charge in [0.1, 0.15) is 11.8 Å². The van der Waals surface area contributed by atoms with Crippen LogP contribution in [0, 0.1) is 0 Å². The first-order valence-electron chi connectivity index (χ1n) is 8.08. The van der Waals surface area contributed by atoms with Crippen LogP contribution in [-0.4, -0.2) is 28.5 Å². The molecule has 1 aromatic heterocycles. The lowest BCUT2D eigenvalue weighted by atomic mass is 10.2. The van der Waals surface area contributed by atoms with Crippen molar-refractivity contribution in [1.82, 2.24) is 9.97 Å². The zero-order chi connectivity index (χ0) is 17.8. The summed E-state index contributed by atoms with van der Waals surface area (Å²) in [5.74, 6) is 0.513. The highest BCUT2D eigenvalue weighted by atomic mass is 16.5. The number of hydrogen-bond acceptors (Lipinski definition) is 4. The molecule has 0 saturated carbocycles. The molecule has 7 heteroatoms. The number of rotatable bonds is 6. The average Bonchev–Trinajstić information content (AvgIpc) is 2.96. The van der Waals surface area contributed by atoms with Crippen LogP contribution in [0.5, 0.6) is 5.75 Å². The number of fused-ring (bicyclic) bond motifs is 1. The molecular formula is C18H20N4O3. The number of hydrogen-bond donors (Lipinski definition) is 4. The molecule has 0 aliphatic carbocycles. The summed E-state index contributed by atoms with van der Waals surface area (Å²) in [5.41, 5.74) is 2.43. The van der Waals surface area contributed by atoms with Gasteiger partial charge in [-0.2, -0.15) is 0 Å². The van der Waals surface area contributed by atoms with Crippen molar-refractivity contribution in [3.8, 4) is 5.75 Å². The van der Waals surface area contributed by atoms with Crippen molar-refractivity contribution < 1.29 is 9.53 Å². The fourth-order valence-corrected chi connectivity index (χ4v) is 2.53. The van der Waals surface area contributed by atoms with Gasteiger partial charge in [-0.15, -0.1) is 0 Å². The van der Waals surface area contributed by atoms with E-state index in [0.717, 1.165) is 5.69 Å². The van der Waals surface area contributed by atoms with Gasteiger partial charge < -0.3 is 25.3 Å². The van der Waals surface area contributed by atoms with E-state index in [1.807, 2.05) is 31.2 Å². The predicted octanol–water partition coefficient (Wildman–Crippen LogP) is 2.69. The summed E-state index contributed by atoms with van der Waals surface area (Å²) in [5, 5.41) is 5.99. The van der Waals surface area contributed by atoms with Crippen LogP contribution >= 0.6 is 0 Å². The summed E-state index contributed by atoms with van der Waals surface area (Å²) < 4.78 is 5.56. The van der Waals surface area contributed by atoms with Gasteiger partial charge in [0.15, 0.2) is 0 Å². The van der Waals surface area contributed by atoms with Crippen molar-refractivity contribution in [3.63, 3.8) is 0 Å². The number of carbonyl (C=O) groups is 1. The van der Waals surface area contributed by atoms with Gasteiger partial charge in [0.25, 0.3) is 0 Å². The number of benzene rings is 2. The van der Waals surface area contributed by atoms with Crippen LogP contribution in [0.15, 0.2) is 47.3 Å². The molecule has 0 spiro atoms. The lowest BCUT2D eigenvalue weighted by Gasteiger charge is -2.17. The fraction of sp³-hybridized carbons (Fsp3) is 0.222. The second-order valence-corrected chi connectivity index (χ2v) is 5.62. The molecule has 4 N–H and O–H groups in total. The molecule has 25 heavy (non-hydrogen) atoms. The Hall–Kier alpha value is -3.22. The van der Waals surface area contributed by atoms with Crippen LogP contribution in [0.2, 0.25) is 0 Å². The van der Waals surface area contributed by atoms with E-state index < -0.39 is 6.04 Å². The minimum absolute atomic E-state index is 0.191. The third-order valence-corrected chi connectivity index (χ3v) is 3.74. The summed E-state index contributed by atoms with van der Waals surface area (Å²) in [6.45, 7) is 4.23. The molecule has 1 unspecified atom stereocenters. The molecule has 0 aliphatic heterocycles. The zero-order valence-electron chi connectivity index (χ0n) is 14.1. The molecule has 2 aromatic carbocycles. The SMILES string of the molecule is CCOc1ccccc1NC(C)C(=O)Nc1ccc2[nH]c(=O)[nH]c2c1. The van der Waals surface area contributed by atoms with E-state index in [1.54, 1.807) is 25.1 Å². The standard InChI is InChI=1S/C18H20N4O3/c1-3-25-16-7-5-4-6-14(16)19-11(2)17(23)20-12-8-9-13-15(10-12)22-18(24)21-13/h4-11,19H,3H2,1-2H3,(H,20,23)(H2,21,22,24). The Morgan fingerprint density at radius 2 is 1.92 bits per heavy atom. The van der Waals surface area contributed by atoms with E-state index in [2.05, 4.69) is 20.6 Å². The van der Waals surface area contributed by atoms with Gasteiger partial charge in [0, 0.05) is 5.69 Å². The van der Waals surface area contributed by atoms with E-state index in [0.29, 0.717) is 29.1 Å². The van der Waals surface area contributed by atoms with Gasteiger partial charge >= 0.3 is 5.69 Å². The van der Waals surface area contributed by atoms with Gasteiger partial charge in [0.2, 0.25) is 5.91 Å². The number of amides is 1. The molecule has 0 radical (unpaired) electrons. The maximum Gasteiger partial charge on any atom is 0.323 e. The smallest absolute Gasteiger partial charge is 0.323 e. The van der Waals surface area contributed by atoms with Gasteiger partial charge in [-0.1, -0.05) is 12.1 Å². The first kappa shape index (κ1) is 16.6. The van der Waals surface area contributed by atoms with Gasteiger partial charge in [0.05, 0.1) is 23.3 Å². The molecule has 0 fully saturated rings. The van der Waals surface area contributed by atoms with Crippen LogP contribution in [0.4, 0.5) is 11.4 Å². The van der Waals surface area contributed by atoms with Crippen LogP contribution < -0.4 is 21.1 Å². The summed E-state index contributed by atoms with van der Waals surface area (Å²) >= 11 is 0. The number of anilines is 2. The number of para-hydroxylation sites is 2. The van der Waals surface area contributed by atoms with Crippen molar-refractivity contribution in [2.24, 2.45) is 0 Å². The number of aromatic amines is 2. The summed E-state index contributed by atoms with van der Waals surface area (Å²) in [4.78, 5) is 29.1. The highest BCUT2D eigenvalue weighted by Crippen LogP contribution is 2.24. The van der Waals surface area contributed by atoms with E-state index in [1.165, 1.54) is 0 Å². The second kappa shape index (κ2) is 7.12. The Morgan fingerprint density at radius 3 is 2.72 bits per heavy atom. The molecule has 130 valence electrons. The van der Waals surface area contributed by atoms with Crippen LogP contribution in [0.25, 0.3) is 11.0 Å². The molecule has 3 aromatic rings. The molecule has 0 bridgehead atoms. The molecule has 0 saturated heterocycles. The van der Waals surface area contributed by atoms with Crippen LogP contribution in [-0.2, 0) is 4.79 Å². The Morgan fingerprint density at radius 1 is 1.16 bits per heavy atom. The molecule has 3 rings (SSSR count). The molecule has 1 heterocycles. The van der Waals surface area contributed by atoms with Crippen molar-refractivity contribution in [1.29, 1.82) is 0 Å². The van der Waals surface area contributed by atoms with Crippen LogP contribution in [0.1, 0.15) is 13.8 Å². The highest BCUT2D eigenvalue weighted by Gasteiger charge is 2.15. The Labute approximate surface area is 144 Å². The lowest BCUT2D eigenvalue weighted by Crippen LogP contribution is -2.32. The maximum atomic E-state index is 12.4. The minimum atomic E-state index is -0.470. The highest BCUT2D eigenvalue weighted by molar-refractivity contribution is 5.97. The predicted molar refractivity (Wildman–Crippen MR) is 98.2 cm³/mol. The molecular weight excluding hydrogens is 320 g/mol. The number of imidazole rings is 1. The Kier molecular flexibility index (Phi) is 4.74. The monoisotopic (exact) mass is 340 g/mol. The topological polar surface area (TPSA) is 99.0 Å². The Balaban J connectivity index is 1.70. The third kappa shape index (κ3) is 3.82. The largest absolute Gasteiger partial charge is 0.492 e. The average molecular weight is 340 g/mol. The lowest BCUT2D eigenvalue weighted by molar-refractivity contribution is -0.116. The number of carbonyl (C=O) groups excluding carboxylic acids is 1. The van der Waals surface area contributed by atoms with Gasteiger partial charge in [-0.05, 0) is 44.2 Å². The normalized spacial score (nSPS) is 11.9. The molecule has 1 atom stereocenters. The van der Waals surface area contributed by atoms with Crippen molar-refractivity contribution >= 4 is 28.3 Å². The quantitative estimate of drug-likeness (QED) is 0.554. The van der Waals surface area contributed by atoms with Crippen molar-refractivity contribution in [2.75, 3.05) is 17.2 Å². The summed E-state index contributed by atoms with van der Waals surface area (Å²) in [6.07, 6.45) is 0. The summed E-state index contributed by atoms with van der Waals surface area (Å²) in [7, 11) is 0. The van der Waals surface area contributed by atoms with E-state index in [9.17, 15) is 9.59 Å². The third-order valence-electron chi connectivity index (χ3n) is 3.74. The van der Waals surface area contributed by atoms with E-state index in [-0.39, 0.29) is 11.6 Å². The minimum Gasteiger partial charge on any atom is -0.492 e. The number of aromatic nitrogens is 2. The number of nitrogens with one attached hydrogen (secondary N) is 4. The number of H-pyrrole nitrogens is 2. The number of ether oxygens (including phenoxy) is 1. The van der Waals surface area contributed by atoms with Crippen molar-refractivity contribution in [3.05, 3.63) is 52.9 Å². The van der Waals surface area contributed by atoms with Gasteiger partial charge in [-0.25, -0.2) is 4.79 Å². The molecule has 0 aliphatic rings. The maximum absolute atomic E-state index is 12.4. The van der Waals surface area contributed by atoms with E-state index in [4.69, 9.17) is 4.74 Å². The molecule has 7 nitrogen and oxygen atoms in total. The second-order valence-electron chi connectivity index (χ2n) is 5.62. The fourth-order valence-electron chi connectivity index (χ4n) is 2.53. The zero-order valence-corrected chi connectivity index (χ0v) is 14.1. The van der Waals surface area contributed by atoms with Crippen LogP contribution in [0.3, 0.4) is 0 Å². The first-order chi connectivity index (χ1) is 12.1. The summed E-state index contributed by atoms with van der Waals surface area (Å²) in [6, 6.07) is 12.2. The Bertz CT molecular complexity index is 945.